The molecule has 1 saturated heterocycles. The first kappa shape index (κ1) is 23.3. The predicted octanol–water partition coefficient (Wildman–Crippen LogP) is 3.65. The van der Waals surface area contributed by atoms with Gasteiger partial charge in [0, 0.05) is 5.69 Å². The van der Waals surface area contributed by atoms with Gasteiger partial charge in [0.05, 0.1) is 5.69 Å². The molecule has 2 N–H and O–H groups in total. The quantitative estimate of drug-likeness (QED) is 0.417. The summed E-state index contributed by atoms with van der Waals surface area (Å²) < 4.78 is 31.7. The fraction of sp³-hybridized carbons (Fsp3) is 0.0400. The van der Waals surface area contributed by atoms with Gasteiger partial charge in [-0.2, -0.15) is 0 Å². The molecule has 4 rings (SSSR count). The fourth-order valence-corrected chi connectivity index (χ4v) is 3.22. The summed E-state index contributed by atoms with van der Waals surface area (Å²) in [5, 5.41) is 4.64. The summed E-state index contributed by atoms with van der Waals surface area (Å²) in [5.41, 5.74) is 0.575. The second-order valence-corrected chi connectivity index (χ2v) is 7.35. The van der Waals surface area contributed by atoms with Crippen molar-refractivity contribution >= 4 is 41.2 Å². The number of amides is 5. The van der Waals surface area contributed by atoms with Crippen LogP contribution in [0.2, 0.25) is 0 Å². The van der Waals surface area contributed by atoms with Crippen molar-refractivity contribution in [3.63, 3.8) is 0 Å². The predicted molar refractivity (Wildman–Crippen MR) is 122 cm³/mol. The molecular formula is C25H17F2N3O5. The van der Waals surface area contributed by atoms with E-state index in [1.54, 1.807) is 18.2 Å². The van der Waals surface area contributed by atoms with E-state index in [1.165, 1.54) is 48.5 Å². The smallest absolute Gasteiger partial charge is 0.335 e. The van der Waals surface area contributed by atoms with Crippen LogP contribution in [0, 0.1) is 11.6 Å². The Morgan fingerprint density at radius 1 is 0.943 bits per heavy atom. The minimum Gasteiger partial charge on any atom is -0.484 e. The number of carbonyl (C=O) groups excluding carboxylic acids is 4. The Morgan fingerprint density at radius 3 is 2.29 bits per heavy atom. The summed E-state index contributed by atoms with van der Waals surface area (Å²) in [7, 11) is 0. The van der Waals surface area contributed by atoms with Crippen molar-refractivity contribution in [2.75, 3.05) is 16.8 Å². The number of hydrogen-bond donors (Lipinski definition) is 2. The second-order valence-electron chi connectivity index (χ2n) is 7.35. The molecule has 0 atom stereocenters. The summed E-state index contributed by atoms with van der Waals surface area (Å²) >= 11 is 0. The average Bonchev–Trinajstić information content (AvgIpc) is 2.83. The molecule has 0 bridgehead atoms. The fourth-order valence-electron chi connectivity index (χ4n) is 3.22. The number of barbiturate groups is 1. The van der Waals surface area contributed by atoms with E-state index in [2.05, 4.69) is 10.6 Å². The normalized spacial score (nSPS) is 14.6. The van der Waals surface area contributed by atoms with Crippen LogP contribution >= 0.6 is 0 Å². The molecule has 0 radical (unpaired) electrons. The van der Waals surface area contributed by atoms with Gasteiger partial charge in [-0.25, -0.2) is 18.5 Å². The number of anilines is 2. The van der Waals surface area contributed by atoms with Gasteiger partial charge in [0.2, 0.25) is 0 Å². The Hall–Kier alpha value is -4.86. The van der Waals surface area contributed by atoms with Crippen molar-refractivity contribution in [1.29, 1.82) is 0 Å². The number of carbonyl (C=O) groups is 4. The van der Waals surface area contributed by atoms with Gasteiger partial charge in [-0.1, -0.05) is 12.1 Å². The van der Waals surface area contributed by atoms with E-state index in [0.717, 1.165) is 17.0 Å². The van der Waals surface area contributed by atoms with Crippen molar-refractivity contribution in [2.45, 2.75) is 0 Å². The second kappa shape index (κ2) is 9.96. The van der Waals surface area contributed by atoms with Crippen LogP contribution in [0.4, 0.5) is 25.0 Å². The molecule has 1 aliphatic rings. The van der Waals surface area contributed by atoms with E-state index in [0.29, 0.717) is 11.3 Å². The summed E-state index contributed by atoms with van der Waals surface area (Å²) in [4.78, 5) is 50.3. The lowest BCUT2D eigenvalue weighted by molar-refractivity contribution is -0.122. The Balaban J connectivity index is 1.47. The molecule has 1 aliphatic heterocycles. The molecule has 3 aromatic rings. The van der Waals surface area contributed by atoms with Crippen LogP contribution in [-0.4, -0.2) is 30.4 Å². The minimum atomic E-state index is -0.951. The van der Waals surface area contributed by atoms with Crippen LogP contribution in [0.1, 0.15) is 5.56 Å². The topological polar surface area (TPSA) is 105 Å². The first-order valence-electron chi connectivity index (χ1n) is 10.3. The van der Waals surface area contributed by atoms with E-state index in [-0.39, 0.29) is 23.6 Å². The number of hydrogen-bond acceptors (Lipinski definition) is 5. The molecule has 176 valence electrons. The lowest BCUT2D eigenvalue weighted by atomic mass is 10.1. The van der Waals surface area contributed by atoms with Crippen molar-refractivity contribution in [3.8, 4) is 5.75 Å². The molecular weight excluding hydrogens is 460 g/mol. The van der Waals surface area contributed by atoms with Gasteiger partial charge < -0.3 is 10.1 Å². The van der Waals surface area contributed by atoms with E-state index in [1.807, 2.05) is 0 Å². The summed E-state index contributed by atoms with van der Waals surface area (Å²) in [6.45, 7) is -0.344. The molecule has 1 fully saturated rings. The number of nitrogens with zero attached hydrogens (tertiary/aromatic N) is 1. The van der Waals surface area contributed by atoms with E-state index in [4.69, 9.17) is 4.74 Å². The third kappa shape index (κ3) is 5.56. The van der Waals surface area contributed by atoms with Crippen LogP contribution < -0.4 is 20.3 Å². The highest BCUT2D eigenvalue weighted by molar-refractivity contribution is 6.39. The maximum atomic E-state index is 13.2. The van der Waals surface area contributed by atoms with Crippen LogP contribution in [0.15, 0.2) is 78.4 Å². The van der Waals surface area contributed by atoms with Crippen LogP contribution in [0.3, 0.4) is 0 Å². The molecule has 3 aromatic carbocycles. The standard InChI is InChI=1S/C25H17F2N3O5/c26-16-4-8-18(9-5-16)28-22(31)14-35-20-3-1-2-15(12-20)13-21-23(32)29-25(34)30(24(21)33)19-10-6-17(27)7-11-19/h1-13H,14H2,(H,28,31)(H,29,32,34)/b21-13+. The van der Waals surface area contributed by atoms with E-state index in [9.17, 15) is 28.0 Å². The molecule has 0 aliphatic carbocycles. The maximum absolute atomic E-state index is 13.2. The zero-order valence-electron chi connectivity index (χ0n) is 18.0. The SMILES string of the molecule is O=C(COc1cccc(/C=C2\C(=O)NC(=O)N(c3ccc(F)cc3)C2=O)c1)Nc1ccc(F)cc1. The lowest BCUT2D eigenvalue weighted by Gasteiger charge is -2.26. The van der Waals surface area contributed by atoms with Crippen molar-refractivity contribution < 1.29 is 32.7 Å². The van der Waals surface area contributed by atoms with Gasteiger partial charge in [-0.3, -0.25) is 19.7 Å². The molecule has 1 heterocycles. The first-order valence-corrected chi connectivity index (χ1v) is 10.3. The number of imide groups is 2. The number of urea groups is 1. The third-order valence-electron chi connectivity index (χ3n) is 4.85. The first-order chi connectivity index (χ1) is 16.8. The monoisotopic (exact) mass is 477 g/mol. The zero-order chi connectivity index (χ0) is 24.9. The van der Waals surface area contributed by atoms with Crippen molar-refractivity contribution in [2.24, 2.45) is 0 Å². The summed E-state index contributed by atoms with van der Waals surface area (Å²) in [6.07, 6.45) is 1.27. The van der Waals surface area contributed by atoms with Crippen LogP contribution in [0.5, 0.6) is 5.75 Å². The molecule has 0 aromatic heterocycles. The van der Waals surface area contributed by atoms with Crippen LogP contribution in [0.25, 0.3) is 6.08 Å². The number of nitrogens with one attached hydrogen (secondary N) is 2. The van der Waals surface area contributed by atoms with Gasteiger partial charge >= 0.3 is 6.03 Å². The number of ether oxygens (including phenoxy) is 1. The number of halogens is 2. The molecule has 35 heavy (non-hydrogen) atoms. The largest absolute Gasteiger partial charge is 0.484 e. The van der Waals surface area contributed by atoms with E-state index >= 15 is 0 Å². The maximum Gasteiger partial charge on any atom is 0.335 e. The Morgan fingerprint density at radius 2 is 1.60 bits per heavy atom. The molecule has 0 spiro atoms. The highest BCUT2D eigenvalue weighted by atomic mass is 19.1. The molecule has 8 nitrogen and oxygen atoms in total. The highest BCUT2D eigenvalue weighted by Crippen LogP contribution is 2.23. The molecule has 10 heteroatoms. The molecule has 0 saturated carbocycles. The highest BCUT2D eigenvalue weighted by Gasteiger charge is 2.36. The lowest BCUT2D eigenvalue weighted by Crippen LogP contribution is -2.54. The summed E-state index contributed by atoms with van der Waals surface area (Å²) in [5.74, 6) is -2.94. The van der Waals surface area contributed by atoms with Crippen LogP contribution in [-0.2, 0) is 14.4 Å². The van der Waals surface area contributed by atoms with Gasteiger partial charge in [-0.15, -0.1) is 0 Å². The van der Waals surface area contributed by atoms with Gasteiger partial charge in [0.15, 0.2) is 6.61 Å². The zero-order valence-corrected chi connectivity index (χ0v) is 18.0. The van der Waals surface area contributed by atoms with Crippen molar-refractivity contribution in [3.05, 3.63) is 95.6 Å². The summed E-state index contributed by atoms with van der Waals surface area (Å²) in [6, 6.07) is 15.2. The van der Waals surface area contributed by atoms with Crippen molar-refractivity contribution in [1.82, 2.24) is 5.32 Å². The van der Waals surface area contributed by atoms with E-state index < -0.39 is 35.4 Å². The Kier molecular flexibility index (Phi) is 6.63. The molecule has 0 unspecified atom stereocenters. The van der Waals surface area contributed by atoms with Gasteiger partial charge in [-0.05, 0) is 72.3 Å². The minimum absolute atomic E-state index is 0.0940. The number of benzene rings is 3. The molecule has 5 amide bonds. The number of rotatable bonds is 6. The average molecular weight is 477 g/mol. The third-order valence-corrected chi connectivity index (χ3v) is 4.85. The Bertz CT molecular complexity index is 1340. The Labute approximate surface area is 197 Å². The van der Waals surface area contributed by atoms with Gasteiger partial charge in [0.25, 0.3) is 17.7 Å². The van der Waals surface area contributed by atoms with Gasteiger partial charge in [0.1, 0.15) is 23.0 Å².